The zero-order valence-corrected chi connectivity index (χ0v) is 12.2. The molecule has 1 saturated heterocycles. The molecule has 0 amide bonds. The van der Waals surface area contributed by atoms with Crippen LogP contribution in [-0.2, 0) is 0 Å². The zero-order valence-electron chi connectivity index (χ0n) is 11.4. The summed E-state index contributed by atoms with van der Waals surface area (Å²) in [5, 5.41) is 3.80. The molecule has 1 aromatic heterocycles. The lowest BCUT2D eigenvalue weighted by atomic mass is 10.1. The normalized spacial score (nSPS) is 15.2. The molecule has 0 spiro atoms. The molecule has 1 aliphatic heterocycles. The Bertz CT molecular complexity index is 709. The van der Waals surface area contributed by atoms with Crippen LogP contribution in [0, 0.1) is 0 Å². The van der Waals surface area contributed by atoms with E-state index in [-0.39, 0.29) is 11.4 Å². The molecule has 0 unspecified atom stereocenters. The molecule has 0 atom stereocenters. The van der Waals surface area contributed by atoms with E-state index in [9.17, 15) is 4.79 Å². The minimum atomic E-state index is -0.252. The Morgan fingerprint density at radius 1 is 1.29 bits per heavy atom. The van der Waals surface area contributed by atoms with Crippen molar-refractivity contribution >= 4 is 23.4 Å². The van der Waals surface area contributed by atoms with Gasteiger partial charge in [0.1, 0.15) is 5.82 Å². The number of aromatic amines is 1. The van der Waals surface area contributed by atoms with Crippen LogP contribution in [0.2, 0.25) is 5.02 Å². The number of nitrogens with two attached hydrogens (primary N) is 1. The molecular weight excluding hydrogens is 290 g/mol. The van der Waals surface area contributed by atoms with E-state index in [4.69, 9.17) is 17.3 Å². The van der Waals surface area contributed by atoms with Gasteiger partial charge in [0, 0.05) is 31.2 Å². The first kappa shape index (κ1) is 13.9. The van der Waals surface area contributed by atoms with E-state index >= 15 is 0 Å². The Kier molecular flexibility index (Phi) is 3.81. The number of halogens is 1. The monoisotopic (exact) mass is 305 g/mol. The molecule has 1 aliphatic rings. The molecule has 1 fully saturated rings. The highest BCUT2D eigenvalue weighted by Gasteiger charge is 2.17. The maximum absolute atomic E-state index is 12.4. The number of rotatable bonds is 2. The van der Waals surface area contributed by atoms with Crippen molar-refractivity contribution in [3.8, 4) is 11.1 Å². The Morgan fingerprint density at radius 3 is 2.71 bits per heavy atom. The van der Waals surface area contributed by atoms with Gasteiger partial charge in [0.25, 0.3) is 5.56 Å². The zero-order chi connectivity index (χ0) is 14.8. The van der Waals surface area contributed by atoms with Crippen LogP contribution in [0.3, 0.4) is 0 Å². The number of nitrogens with zero attached hydrogens (tertiary/aromatic N) is 2. The number of H-pyrrole nitrogens is 1. The van der Waals surface area contributed by atoms with Gasteiger partial charge in [0.05, 0.1) is 5.56 Å². The molecule has 21 heavy (non-hydrogen) atoms. The van der Waals surface area contributed by atoms with Crippen LogP contribution in [0.25, 0.3) is 11.1 Å². The number of nitrogen functional groups attached to an aromatic ring is 1. The second-order valence-corrected chi connectivity index (χ2v) is 5.33. The quantitative estimate of drug-likeness (QED) is 0.773. The van der Waals surface area contributed by atoms with Crippen LogP contribution < -0.4 is 21.5 Å². The molecule has 2 aromatic rings. The summed E-state index contributed by atoms with van der Waals surface area (Å²) >= 11 is 5.96. The lowest BCUT2D eigenvalue weighted by Crippen LogP contribution is -2.44. The molecular formula is C14H16ClN5O. The van der Waals surface area contributed by atoms with Crippen molar-refractivity contribution in [2.24, 2.45) is 0 Å². The third-order valence-electron chi connectivity index (χ3n) is 3.46. The van der Waals surface area contributed by atoms with E-state index in [0.717, 1.165) is 26.2 Å². The third-order valence-corrected chi connectivity index (χ3v) is 3.70. The van der Waals surface area contributed by atoms with Gasteiger partial charge in [-0.1, -0.05) is 23.7 Å². The summed E-state index contributed by atoms with van der Waals surface area (Å²) in [4.78, 5) is 21.5. The van der Waals surface area contributed by atoms with E-state index in [1.807, 2.05) is 4.90 Å². The van der Waals surface area contributed by atoms with E-state index in [1.54, 1.807) is 24.3 Å². The highest BCUT2D eigenvalue weighted by Crippen LogP contribution is 2.24. The van der Waals surface area contributed by atoms with Crippen molar-refractivity contribution in [3.05, 3.63) is 39.6 Å². The van der Waals surface area contributed by atoms with Crippen molar-refractivity contribution in [2.75, 3.05) is 36.8 Å². The van der Waals surface area contributed by atoms with Crippen molar-refractivity contribution in [2.45, 2.75) is 0 Å². The van der Waals surface area contributed by atoms with Crippen molar-refractivity contribution in [1.29, 1.82) is 0 Å². The lowest BCUT2D eigenvalue weighted by molar-refractivity contribution is 0.579. The molecule has 4 N–H and O–H groups in total. The average Bonchev–Trinajstić information content (AvgIpc) is 2.47. The molecule has 2 heterocycles. The van der Waals surface area contributed by atoms with Gasteiger partial charge in [-0.15, -0.1) is 0 Å². The predicted octanol–water partition coefficient (Wildman–Crippen LogP) is 1.08. The number of aromatic nitrogens is 2. The Balaban J connectivity index is 2.02. The summed E-state index contributed by atoms with van der Waals surface area (Å²) in [6.45, 7) is 3.30. The molecule has 0 bridgehead atoms. The molecule has 0 saturated carbocycles. The predicted molar refractivity (Wildman–Crippen MR) is 84.8 cm³/mol. The van der Waals surface area contributed by atoms with Gasteiger partial charge in [-0.2, -0.15) is 4.98 Å². The summed E-state index contributed by atoms with van der Waals surface area (Å²) in [5.74, 6) is 0.735. The largest absolute Gasteiger partial charge is 0.383 e. The van der Waals surface area contributed by atoms with Crippen LogP contribution in [0.4, 0.5) is 11.8 Å². The number of piperazine rings is 1. The first-order valence-corrected chi connectivity index (χ1v) is 7.14. The standard InChI is InChI=1S/C14H16ClN5O/c15-10-3-1-2-9(8-10)11-12(16)18-14(19-13(11)21)20-6-4-17-5-7-20/h1-3,8,17H,4-7H2,(H3,16,18,19,21). The third kappa shape index (κ3) is 2.86. The number of hydrogen-bond acceptors (Lipinski definition) is 5. The maximum atomic E-state index is 12.4. The van der Waals surface area contributed by atoms with Crippen LogP contribution in [0.5, 0.6) is 0 Å². The molecule has 110 valence electrons. The Hall–Kier alpha value is -2.05. The first-order chi connectivity index (χ1) is 10.1. The summed E-state index contributed by atoms with van der Waals surface area (Å²) in [7, 11) is 0. The maximum Gasteiger partial charge on any atom is 0.262 e. The average molecular weight is 306 g/mol. The minimum absolute atomic E-state index is 0.217. The fraction of sp³-hybridized carbons (Fsp3) is 0.286. The lowest BCUT2D eigenvalue weighted by Gasteiger charge is -2.28. The molecule has 0 aliphatic carbocycles. The van der Waals surface area contributed by atoms with Crippen LogP contribution in [0.1, 0.15) is 0 Å². The van der Waals surface area contributed by atoms with Gasteiger partial charge < -0.3 is 16.0 Å². The second kappa shape index (κ2) is 5.75. The number of anilines is 2. The molecule has 3 rings (SSSR count). The number of nitrogens with one attached hydrogen (secondary N) is 2. The highest BCUT2D eigenvalue weighted by atomic mass is 35.5. The fourth-order valence-electron chi connectivity index (χ4n) is 2.43. The highest BCUT2D eigenvalue weighted by molar-refractivity contribution is 6.30. The minimum Gasteiger partial charge on any atom is -0.383 e. The van der Waals surface area contributed by atoms with E-state index in [2.05, 4.69) is 15.3 Å². The SMILES string of the molecule is Nc1nc(N2CCNCC2)[nH]c(=O)c1-c1cccc(Cl)c1. The van der Waals surface area contributed by atoms with Crippen molar-refractivity contribution in [1.82, 2.24) is 15.3 Å². The fourth-order valence-corrected chi connectivity index (χ4v) is 2.62. The summed E-state index contributed by atoms with van der Waals surface area (Å²) in [6, 6.07) is 7.02. The van der Waals surface area contributed by atoms with Crippen LogP contribution in [0.15, 0.2) is 29.1 Å². The number of hydrogen-bond donors (Lipinski definition) is 3. The first-order valence-electron chi connectivity index (χ1n) is 6.76. The van der Waals surface area contributed by atoms with Gasteiger partial charge in [0.15, 0.2) is 0 Å². The molecule has 0 radical (unpaired) electrons. The van der Waals surface area contributed by atoms with Crippen molar-refractivity contribution in [3.63, 3.8) is 0 Å². The van der Waals surface area contributed by atoms with Gasteiger partial charge in [-0.3, -0.25) is 9.78 Å². The smallest absolute Gasteiger partial charge is 0.262 e. The molecule has 1 aromatic carbocycles. The number of benzene rings is 1. The van der Waals surface area contributed by atoms with Gasteiger partial charge in [-0.05, 0) is 17.7 Å². The van der Waals surface area contributed by atoms with Crippen LogP contribution in [-0.4, -0.2) is 36.1 Å². The summed E-state index contributed by atoms with van der Waals surface area (Å²) in [5.41, 5.74) is 6.77. The Morgan fingerprint density at radius 2 is 2.05 bits per heavy atom. The van der Waals surface area contributed by atoms with E-state index in [0.29, 0.717) is 22.1 Å². The van der Waals surface area contributed by atoms with Gasteiger partial charge in [0.2, 0.25) is 5.95 Å². The topological polar surface area (TPSA) is 87.0 Å². The van der Waals surface area contributed by atoms with Crippen LogP contribution >= 0.6 is 11.6 Å². The summed E-state index contributed by atoms with van der Waals surface area (Å²) in [6.07, 6.45) is 0. The van der Waals surface area contributed by atoms with E-state index < -0.39 is 0 Å². The summed E-state index contributed by atoms with van der Waals surface area (Å²) < 4.78 is 0. The van der Waals surface area contributed by atoms with E-state index in [1.165, 1.54) is 0 Å². The van der Waals surface area contributed by atoms with Gasteiger partial charge in [-0.25, -0.2) is 0 Å². The van der Waals surface area contributed by atoms with Crippen molar-refractivity contribution < 1.29 is 0 Å². The van der Waals surface area contributed by atoms with Gasteiger partial charge >= 0.3 is 0 Å². The second-order valence-electron chi connectivity index (χ2n) is 4.90. The molecule has 7 heteroatoms. The Labute approximate surface area is 126 Å². The molecule has 6 nitrogen and oxygen atoms in total.